The summed E-state index contributed by atoms with van der Waals surface area (Å²) in [4.78, 5) is 13.0. The van der Waals surface area contributed by atoms with E-state index in [0.29, 0.717) is 30.5 Å². The van der Waals surface area contributed by atoms with Gasteiger partial charge in [-0.2, -0.15) is 9.40 Å². The molecule has 9 heteroatoms. The van der Waals surface area contributed by atoms with Crippen molar-refractivity contribution in [2.75, 3.05) is 18.4 Å². The fourth-order valence-electron chi connectivity index (χ4n) is 3.57. The highest BCUT2D eigenvalue weighted by Crippen LogP contribution is 2.22. The van der Waals surface area contributed by atoms with Crippen LogP contribution in [0.3, 0.4) is 0 Å². The fourth-order valence-corrected chi connectivity index (χ4v) is 5.26. The highest BCUT2D eigenvalue weighted by Gasteiger charge is 2.26. The molecule has 1 N–H and O–H groups in total. The monoisotopic (exact) mass is 458 g/mol. The van der Waals surface area contributed by atoms with E-state index in [2.05, 4.69) is 10.4 Å². The molecule has 1 aromatic heterocycles. The van der Waals surface area contributed by atoms with Crippen LogP contribution in [0.4, 0.5) is 5.82 Å². The zero-order valence-corrected chi connectivity index (χ0v) is 18.4. The van der Waals surface area contributed by atoms with Crippen molar-refractivity contribution < 1.29 is 13.2 Å². The molecule has 2 heterocycles. The van der Waals surface area contributed by atoms with Gasteiger partial charge in [-0.3, -0.25) is 4.79 Å². The van der Waals surface area contributed by atoms with Gasteiger partial charge in [0.1, 0.15) is 5.82 Å². The lowest BCUT2D eigenvalue weighted by atomic mass is 10.2. The molecule has 0 unspecified atom stereocenters. The van der Waals surface area contributed by atoms with E-state index in [1.807, 2.05) is 12.1 Å². The van der Waals surface area contributed by atoms with Crippen LogP contribution in [0.25, 0.3) is 0 Å². The third kappa shape index (κ3) is 4.98. The van der Waals surface area contributed by atoms with E-state index in [9.17, 15) is 13.2 Å². The summed E-state index contributed by atoms with van der Waals surface area (Å²) in [5.41, 5.74) is 1.26. The van der Waals surface area contributed by atoms with Gasteiger partial charge in [0.05, 0.1) is 17.6 Å². The summed E-state index contributed by atoms with van der Waals surface area (Å²) in [7, 11) is -3.61. The Morgan fingerprint density at radius 1 is 1.03 bits per heavy atom. The molecule has 1 amide bonds. The van der Waals surface area contributed by atoms with Crippen molar-refractivity contribution in [3.63, 3.8) is 0 Å². The molecule has 31 heavy (non-hydrogen) atoms. The molecule has 7 nitrogen and oxygen atoms in total. The molecule has 2 aromatic carbocycles. The molecule has 1 aliphatic heterocycles. The first-order valence-corrected chi connectivity index (χ1v) is 11.9. The number of nitrogens with zero attached hydrogens (tertiary/aromatic N) is 3. The van der Waals surface area contributed by atoms with Crippen LogP contribution in [0.5, 0.6) is 0 Å². The van der Waals surface area contributed by atoms with Gasteiger partial charge in [-0.15, -0.1) is 0 Å². The van der Waals surface area contributed by atoms with Gasteiger partial charge in [0.2, 0.25) is 10.0 Å². The van der Waals surface area contributed by atoms with E-state index < -0.39 is 15.9 Å². The van der Waals surface area contributed by atoms with Crippen LogP contribution in [0, 0.1) is 0 Å². The normalized spacial score (nSPS) is 15.0. The Hall–Kier alpha value is -2.68. The Kier molecular flexibility index (Phi) is 6.41. The van der Waals surface area contributed by atoms with Crippen LogP contribution in [-0.4, -0.2) is 41.5 Å². The van der Waals surface area contributed by atoms with E-state index in [-0.39, 0.29) is 10.5 Å². The van der Waals surface area contributed by atoms with Crippen molar-refractivity contribution >= 4 is 33.3 Å². The number of hydrogen-bond acceptors (Lipinski definition) is 4. The second kappa shape index (κ2) is 9.21. The molecule has 162 valence electrons. The summed E-state index contributed by atoms with van der Waals surface area (Å²) >= 11 is 5.93. The first-order chi connectivity index (χ1) is 14.9. The van der Waals surface area contributed by atoms with Crippen molar-refractivity contribution in [3.05, 3.63) is 76.9 Å². The molecule has 0 radical (unpaired) electrons. The molecule has 3 aromatic rings. The van der Waals surface area contributed by atoms with E-state index in [1.165, 1.54) is 16.4 Å². The SMILES string of the molecule is O=C(Nc1ccnn1Cc1ccc(Cl)cc1)c1cccc(S(=O)(=O)N2CCCCC2)c1. The number of amides is 1. The topological polar surface area (TPSA) is 84.3 Å². The molecule has 0 aliphatic carbocycles. The standard InChI is InChI=1S/C22H23ClN4O3S/c23-19-9-7-17(8-10-19)16-27-21(11-12-24-27)25-22(28)18-5-4-6-20(15-18)31(29,30)26-13-2-1-3-14-26/h4-12,15H,1-3,13-14,16H2,(H,25,28). The number of aromatic nitrogens is 2. The van der Waals surface area contributed by atoms with Gasteiger partial charge < -0.3 is 5.32 Å². The number of sulfonamides is 1. The van der Waals surface area contributed by atoms with Crippen LogP contribution in [-0.2, 0) is 16.6 Å². The number of benzene rings is 2. The van der Waals surface area contributed by atoms with E-state index in [4.69, 9.17) is 11.6 Å². The van der Waals surface area contributed by atoms with Gasteiger partial charge in [0, 0.05) is 29.7 Å². The number of carbonyl (C=O) groups excluding carboxylic acids is 1. The van der Waals surface area contributed by atoms with Crippen molar-refractivity contribution in [2.24, 2.45) is 0 Å². The van der Waals surface area contributed by atoms with Crippen molar-refractivity contribution in [3.8, 4) is 0 Å². The van der Waals surface area contributed by atoms with Gasteiger partial charge in [0.15, 0.2) is 0 Å². The molecule has 1 saturated heterocycles. The van der Waals surface area contributed by atoms with Gasteiger partial charge in [-0.05, 0) is 48.7 Å². The Bertz CT molecular complexity index is 1170. The van der Waals surface area contributed by atoms with Gasteiger partial charge in [-0.25, -0.2) is 13.1 Å². The molecule has 1 aliphatic rings. The van der Waals surface area contributed by atoms with Crippen LogP contribution in [0.15, 0.2) is 65.7 Å². The largest absolute Gasteiger partial charge is 0.307 e. The predicted molar refractivity (Wildman–Crippen MR) is 120 cm³/mol. The second-order valence-corrected chi connectivity index (χ2v) is 9.82. The van der Waals surface area contributed by atoms with Crippen molar-refractivity contribution in [1.29, 1.82) is 0 Å². The Labute approximate surface area is 186 Å². The number of piperidine rings is 1. The number of hydrogen-bond donors (Lipinski definition) is 1. The summed E-state index contributed by atoms with van der Waals surface area (Å²) in [6, 6.07) is 15.2. The zero-order valence-electron chi connectivity index (χ0n) is 16.9. The summed E-state index contributed by atoms with van der Waals surface area (Å²) in [6.07, 6.45) is 4.36. The van der Waals surface area contributed by atoms with E-state index in [0.717, 1.165) is 24.8 Å². The summed E-state index contributed by atoms with van der Waals surface area (Å²) in [5.74, 6) is 0.123. The van der Waals surface area contributed by atoms with Crippen LogP contribution in [0.2, 0.25) is 5.02 Å². The molecule has 0 atom stereocenters. The summed E-state index contributed by atoms with van der Waals surface area (Å²) in [5, 5.41) is 7.74. The quantitative estimate of drug-likeness (QED) is 0.604. The summed E-state index contributed by atoms with van der Waals surface area (Å²) < 4.78 is 29.0. The minimum atomic E-state index is -3.61. The maximum Gasteiger partial charge on any atom is 0.256 e. The van der Waals surface area contributed by atoms with Crippen molar-refractivity contribution in [1.82, 2.24) is 14.1 Å². The zero-order chi connectivity index (χ0) is 21.8. The van der Waals surface area contributed by atoms with Gasteiger partial charge >= 0.3 is 0 Å². The summed E-state index contributed by atoms with van der Waals surface area (Å²) in [6.45, 7) is 1.49. The number of carbonyl (C=O) groups is 1. The van der Waals surface area contributed by atoms with Gasteiger partial charge in [0.25, 0.3) is 5.91 Å². The Morgan fingerprint density at radius 3 is 2.52 bits per heavy atom. The molecule has 1 fully saturated rings. The average Bonchev–Trinajstić information content (AvgIpc) is 3.22. The third-order valence-corrected chi connectivity index (χ3v) is 7.40. The Balaban J connectivity index is 1.50. The predicted octanol–water partition coefficient (Wildman–Crippen LogP) is 4.01. The van der Waals surface area contributed by atoms with Crippen LogP contribution < -0.4 is 5.32 Å². The number of anilines is 1. The lowest BCUT2D eigenvalue weighted by molar-refractivity contribution is 0.102. The van der Waals surface area contributed by atoms with Crippen LogP contribution >= 0.6 is 11.6 Å². The molecular weight excluding hydrogens is 436 g/mol. The maximum absolute atomic E-state index is 12.9. The molecular formula is C22H23ClN4O3S. The third-order valence-electron chi connectivity index (χ3n) is 5.25. The first kappa shape index (κ1) is 21.5. The van der Waals surface area contributed by atoms with E-state index in [1.54, 1.807) is 41.2 Å². The smallest absolute Gasteiger partial charge is 0.256 e. The lowest BCUT2D eigenvalue weighted by Crippen LogP contribution is -2.35. The average molecular weight is 459 g/mol. The highest BCUT2D eigenvalue weighted by molar-refractivity contribution is 7.89. The number of nitrogens with one attached hydrogen (secondary N) is 1. The minimum Gasteiger partial charge on any atom is -0.307 e. The molecule has 4 rings (SSSR count). The molecule has 0 bridgehead atoms. The van der Waals surface area contributed by atoms with Crippen molar-refractivity contribution in [2.45, 2.75) is 30.7 Å². The maximum atomic E-state index is 12.9. The molecule has 0 saturated carbocycles. The number of halogens is 1. The molecule has 0 spiro atoms. The Morgan fingerprint density at radius 2 is 1.77 bits per heavy atom. The van der Waals surface area contributed by atoms with Gasteiger partial charge in [-0.1, -0.05) is 36.2 Å². The lowest BCUT2D eigenvalue weighted by Gasteiger charge is -2.26. The highest BCUT2D eigenvalue weighted by atomic mass is 35.5. The van der Waals surface area contributed by atoms with Crippen LogP contribution in [0.1, 0.15) is 35.2 Å². The fraction of sp³-hybridized carbons (Fsp3) is 0.273. The number of rotatable bonds is 6. The van der Waals surface area contributed by atoms with E-state index >= 15 is 0 Å². The second-order valence-electron chi connectivity index (χ2n) is 7.45. The minimum absolute atomic E-state index is 0.136. The first-order valence-electron chi connectivity index (χ1n) is 10.1.